The van der Waals surface area contributed by atoms with Crippen LogP contribution in [0.3, 0.4) is 0 Å². The van der Waals surface area contributed by atoms with Crippen molar-refractivity contribution in [2.45, 2.75) is 51.1 Å². The van der Waals surface area contributed by atoms with Crippen LogP contribution in [0.25, 0.3) is 0 Å². The highest BCUT2D eigenvalue weighted by atomic mass is 16.2. The van der Waals surface area contributed by atoms with Crippen molar-refractivity contribution >= 4 is 5.91 Å². The van der Waals surface area contributed by atoms with E-state index in [2.05, 4.69) is 29.6 Å². The van der Waals surface area contributed by atoms with Crippen LogP contribution in [-0.2, 0) is 11.3 Å². The zero-order valence-electron chi connectivity index (χ0n) is 12.3. The Kier molecular flexibility index (Phi) is 4.06. The van der Waals surface area contributed by atoms with Gasteiger partial charge in [0.2, 0.25) is 5.91 Å². The van der Waals surface area contributed by atoms with E-state index in [-0.39, 0.29) is 11.9 Å². The highest BCUT2D eigenvalue weighted by molar-refractivity contribution is 5.81. The smallest absolute Gasteiger partial charge is 0.239 e. The second kappa shape index (κ2) is 5.96. The molecule has 0 bridgehead atoms. The number of hydrogen-bond donors (Lipinski definition) is 1. The maximum Gasteiger partial charge on any atom is 0.239 e. The standard InChI is InChI=1S/C17H24N2O/c1-13(17(20)19-10-4-5-11-19)18-12-15-6-2-3-7-16(15)14-8-9-14/h2-3,6-7,13-14,18H,4-5,8-12H2,1H3. The van der Waals surface area contributed by atoms with Crippen LogP contribution in [0.2, 0.25) is 0 Å². The van der Waals surface area contributed by atoms with E-state index in [0.29, 0.717) is 0 Å². The lowest BCUT2D eigenvalue weighted by Gasteiger charge is -2.21. The van der Waals surface area contributed by atoms with Crippen molar-refractivity contribution in [3.05, 3.63) is 35.4 Å². The quantitative estimate of drug-likeness (QED) is 0.893. The molecule has 2 fully saturated rings. The third-order valence-electron chi connectivity index (χ3n) is 4.46. The zero-order chi connectivity index (χ0) is 13.9. The lowest BCUT2D eigenvalue weighted by Crippen LogP contribution is -2.43. The summed E-state index contributed by atoms with van der Waals surface area (Å²) in [4.78, 5) is 14.3. The molecule has 1 aromatic carbocycles. The Hall–Kier alpha value is -1.35. The van der Waals surface area contributed by atoms with Gasteiger partial charge in [-0.15, -0.1) is 0 Å². The fourth-order valence-corrected chi connectivity index (χ4v) is 3.05. The summed E-state index contributed by atoms with van der Waals surface area (Å²) in [5.41, 5.74) is 2.83. The molecule has 1 aliphatic carbocycles. The number of nitrogens with zero attached hydrogens (tertiary/aromatic N) is 1. The van der Waals surface area contributed by atoms with Crippen molar-refractivity contribution in [2.24, 2.45) is 0 Å². The minimum Gasteiger partial charge on any atom is -0.341 e. The summed E-state index contributed by atoms with van der Waals surface area (Å²) in [5.74, 6) is 1.02. The lowest BCUT2D eigenvalue weighted by atomic mass is 10.0. The highest BCUT2D eigenvalue weighted by Gasteiger charge is 2.26. The maximum absolute atomic E-state index is 12.3. The summed E-state index contributed by atoms with van der Waals surface area (Å²) in [7, 11) is 0. The number of amides is 1. The van der Waals surface area contributed by atoms with Crippen LogP contribution in [-0.4, -0.2) is 29.9 Å². The third-order valence-corrected chi connectivity index (χ3v) is 4.46. The van der Waals surface area contributed by atoms with Crippen LogP contribution in [0, 0.1) is 0 Å². The van der Waals surface area contributed by atoms with Crippen LogP contribution in [0.5, 0.6) is 0 Å². The van der Waals surface area contributed by atoms with Crippen molar-refractivity contribution < 1.29 is 4.79 Å². The molecular formula is C17H24N2O. The van der Waals surface area contributed by atoms with Crippen LogP contribution >= 0.6 is 0 Å². The minimum absolute atomic E-state index is 0.0830. The number of nitrogens with one attached hydrogen (secondary N) is 1. The summed E-state index contributed by atoms with van der Waals surface area (Å²) < 4.78 is 0. The Morgan fingerprint density at radius 1 is 1.30 bits per heavy atom. The molecule has 0 spiro atoms. The van der Waals surface area contributed by atoms with Gasteiger partial charge in [0.15, 0.2) is 0 Å². The predicted octanol–water partition coefficient (Wildman–Crippen LogP) is 2.66. The zero-order valence-corrected chi connectivity index (χ0v) is 12.3. The van der Waals surface area contributed by atoms with Gasteiger partial charge in [-0.25, -0.2) is 0 Å². The van der Waals surface area contributed by atoms with Gasteiger partial charge in [0, 0.05) is 19.6 Å². The Balaban J connectivity index is 1.57. The first-order chi connectivity index (χ1) is 9.75. The van der Waals surface area contributed by atoms with Gasteiger partial charge in [-0.2, -0.15) is 0 Å². The first-order valence-corrected chi connectivity index (χ1v) is 7.85. The van der Waals surface area contributed by atoms with Gasteiger partial charge in [0.05, 0.1) is 6.04 Å². The summed E-state index contributed by atoms with van der Waals surface area (Å²) in [6.07, 6.45) is 4.95. The molecule has 1 amide bonds. The molecular weight excluding hydrogens is 248 g/mol. The first kappa shape index (κ1) is 13.6. The fraction of sp³-hybridized carbons (Fsp3) is 0.588. The summed E-state index contributed by atoms with van der Waals surface area (Å²) in [5, 5.41) is 3.41. The number of hydrogen-bond acceptors (Lipinski definition) is 2. The normalized spacial score (nSPS) is 20.1. The molecule has 1 N–H and O–H groups in total. The molecule has 1 unspecified atom stereocenters. The molecule has 2 aliphatic rings. The van der Waals surface area contributed by atoms with Gasteiger partial charge in [0.25, 0.3) is 0 Å². The van der Waals surface area contributed by atoms with Crippen molar-refractivity contribution in [1.29, 1.82) is 0 Å². The SMILES string of the molecule is CC(NCc1ccccc1C1CC1)C(=O)N1CCCC1. The molecule has 1 heterocycles. The van der Waals surface area contributed by atoms with Crippen molar-refractivity contribution in [3.63, 3.8) is 0 Å². The van der Waals surface area contributed by atoms with Gasteiger partial charge < -0.3 is 10.2 Å². The monoisotopic (exact) mass is 272 g/mol. The Morgan fingerprint density at radius 3 is 2.70 bits per heavy atom. The Labute approximate surface area is 121 Å². The summed E-state index contributed by atoms with van der Waals surface area (Å²) in [6.45, 7) is 4.65. The van der Waals surface area contributed by atoms with E-state index in [1.54, 1.807) is 0 Å². The second-order valence-corrected chi connectivity index (χ2v) is 6.11. The van der Waals surface area contributed by atoms with Crippen LogP contribution < -0.4 is 5.32 Å². The van der Waals surface area contributed by atoms with E-state index in [0.717, 1.165) is 38.4 Å². The van der Waals surface area contributed by atoms with Gasteiger partial charge in [-0.3, -0.25) is 4.79 Å². The maximum atomic E-state index is 12.3. The Morgan fingerprint density at radius 2 is 2.00 bits per heavy atom. The van der Waals surface area contributed by atoms with Crippen LogP contribution in [0.15, 0.2) is 24.3 Å². The van der Waals surface area contributed by atoms with E-state index < -0.39 is 0 Å². The number of benzene rings is 1. The molecule has 1 saturated carbocycles. The third kappa shape index (κ3) is 3.04. The predicted molar refractivity (Wildman–Crippen MR) is 80.5 cm³/mol. The molecule has 3 nitrogen and oxygen atoms in total. The van der Waals surface area contributed by atoms with Crippen molar-refractivity contribution in [2.75, 3.05) is 13.1 Å². The van der Waals surface area contributed by atoms with Gasteiger partial charge in [-0.1, -0.05) is 24.3 Å². The van der Waals surface area contributed by atoms with E-state index in [4.69, 9.17) is 0 Å². The highest BCUT2D eigenvalue weighted by Crippen LogP contribution is 2.41. The number of carbonyl (C=O) groups is 1. The molecule has 108 valence electrons. The number of rotatable bonds is 5. The lowest BCUT2D eigenvalue weighted by molar-refractivity contribution is -0.131. The Bertz CT molecular complexity index is 476. The average molecular weight is 272 g/mol. The molecule has 3 heteroatoms. The van der Waals surface area contributed by atoms with Gasteiger partial charge in [0.1, 0.15) is 0 Å². The van der Waals surface area contributed by atoms with E-state index in [9.17, 15) is 4.79 Å². The summed E-state index contributed by atoms with van der Waals surface area (Å²) >= 11 is 0. The van der Waals surface area contributed by atoms with E-state index in [1.165, 1.54) is 24.0 Å². The van der Waals surface area contributed by atoms with E-state index >= 15 is 0 Å². The van der Waals surface area contributed by atoms with Crippen molar-refractivity contribution in [3.8, 4) is 0 Å². The first-order valence-electron chi connectivity index (χ1n) is 7.85. The van der Waals surface area contributed by atoms with E-state index in [1.807, 2.05) is 11.8 Å². The molecule has 3 rings (SSSR count). The molecule has 1 saturated heterocycles. The number of likely N-dealkylation sites (tertiary alicyclic amines) is 1. The largest absolute Gasteiger partial charge is 0.341 e. The molecule has 1 aromatic rings. The fourth-order valence-electron chi connectivity index (χ4n) is 3.05. The molecule has 20 heavy (non-hydrogen) atoms. The molecule has 1 atom stereocenters. The summed E-state index contributed by atoms with van der Waals surface area (Å²) in [6, 6.07) is 8.56. The minimum atomic E-state index is -0.0830. The average Bonchev–Trinajstić information content (AvgIpc) is 3.18. The molecule has 0 aromatic heterocycles. The molecule has 1 aliphatic heterocycles. The number of carbonyl (C=O) groups excluding carboxylic acids is 1. The van der Waals surface area contributed by atoms with Gasteiger partial charge >= 0.3 is 0 Å². The second-order valence-electron chi connectivity index (χ2n) is 6.11. The van der Waals surface area contributed by atoms with Crippen LogP contribution in [0.1, 0.15) is 49.7 Å². The van der Waals surface area contributed by atoms with Crippen LogP contribution in [0.4, 0.5) is 0 Å². The van der Waals surface area contributed by atoms with Crippen molar-refractivity contribution in [1.82, 2.24) is 10.2 Å². The molecule has 0 radical (unpaired) electrons. The topological polar surface area (TPSA) is 32.3 Å². The van der Waals surface area contributed by atoms with Gasteiger partial charge in [-0.05, 0) is 49.7 Å².